The Labute approximate surface area is 95.7 Å². The van der Waals surface area contributed by atoms with Crippen molar-refractivity contribution in [3.63, 3.8) is 0 Å². The van der Waals surface area contributed by atoms with Crippen LogP contribution in [0.3, 0.4) is 0 Å². The van der Waals surface area contributed by atoms with Crippen molar-refractivity contribution in [1.29, 1.82) is 0 Å². The fraction of sp³-hybridized carbons (Fsp3) is 0.417. The molecule has 0 atom stereocenters. The molecule has 0 saturated carbocycles. The zero-order valence-corrected chi connectivity index (χ0v) is 9.52. The number of benzene rings is 1. The number of hydrogen-bond donors (Lipinski definition) is 1. The Morgan fingerprint density at radius 2 is 2.12 bits per heavy atom. The highest BCUT2D eigenvalue weighted by Crippen LogP contribution is 2.13. The second-order valence-electron chi connectivity index (χ2n) is 3.91. The Bertz CT molecular complexity index is 384. The molecule has 1 saturated heterocycles. The molecular weight excluding hydrogens is 202 g/mol. The van der Waals surface area contributed by atoms with Crippen LogP contribution in [0.4, 0.5) is 5.69 Å². The van der Waals surface area contributed by atoms with E-state index in [0.717, 1.165) is 32.0 Å². The van der Waals surface area contributed by atoms with E-state index < -0.39 is 0 Å². The highest BCUT2D eigenvalue weighted by molar-refractivity contribution is 5.81. The summed E-state index contributed by atoms with van der Waals surface area (Å²) in [6, 6.07) is 8.01. The minimum absolute atomic E-state index is 0.578. The number of nitrogens with zero attached hydrogens (tertiary/aromatic N) is 2. The van der Waals surface area contributed by atoms with Crippen LogP contribution in [0.2, 0.25) is 0 Å². The number of ether oxygens (including phenoxy) is 1. The van der Waals surface area contributed by atoms with E-state index in [9.17, 15) is 0 Å². The summed E-state index contributed by atoms with van der Waals surface area (Å²) >= 11 is 0. The lowest BCUT2D eigenvalue weighted by Crippen LogP contribution is -2.44. The third kappa shape index (κ3) is 2.73. The smallest absolute Gasteiger partial charge is 0.196 e. The van der Waals surface area contributed by atoms with E-state index in [1.54, 1.807) is 0 Å². The molecule has 1 aromatic rings. The van der Waals surface area contributed by atoms with Gasteiger partial charge in [0.2, 0.25) is 0 Å². The molecule has 0 aromatic heterocycles. The van der Waals surface area contributed by atoms with Gasteiger partial charge >= 0.3 is 0 Å². The molecule has 1 aliphatic heterocycles. The molecule has 2 N–H and O–H groups in total. The molecule has 2 rings (SSSR count). The highest BCUT2D eigenvalue weighted by atomic mass is 16.5. The average molecular weight is 219 g/mol. The van der Waals surface area contributed by atoms with Crippen molar-refractivity contribution >= 4 is 11.6 Å². The van der Waals surface area contributed by atoms with Crippen LogP contribution in [0.1, 0.15) is 5.56 Å². The van der Waals surface area contributed by atoms with Gasteiger partial charge in [-0.15, -0.1) is 0 Å². The van der Waals surface area contributed by atoms with Gasteiger partial charge in [0.15, 0.2) is 5.96 Å². The minimum Gasteiger partial charge on any atom is -0.378 e. The molecule has 0 radical (unpaired) electrons. The standard InChI is InChI=1S/C12H17N3O/c1-10-3-2-4-11(9-10)14-12(13)15-5-7-16-8-6-15/h2-4,9H,5-8H2,1H3,(H2,13,14). The molecule has 4 heteroatoms. The van der Waals surface area contributed by atoms with E-state index in [2.05, 4.69) is 4.99 Å². The van der Waals surface area contributed by atoms with Gasteiger partial charge in [0.1, 0.15) is 0 Å². The number of guanidine groups is 1. The molecule has 0 aliphatic carbocycles. The van der Waals surface area contributed by atoms with Gasteiger partial charge in [-0.25, -0.2) is 4.99 Å². The number of aryl methyl sites for hydroxylation is 1. The van der Waals surface area contributed by atoms with Crippen molar-refractivity contribution < 1.29 is 4.74 Å². The van der Waals surface area contributed by atoms with Gasteiger partial charge in [-0.1, -0.05) is 12.1 Å². The van der Waals surface area contributed by atoms with Crippen molar-refractivity contribution in [3.8, 4) is 0 Å². The molecule has 86 valence electrons. The maximum absolute atomic E-state index is 5.95. The SMILES string of the molecule is Cc1cccc(N=C(N)N2CCOCC2)c1. The maximum atomic E-state index is 5.95. The van der Waals surface area contributed by atoms with Crippen molar-refractivity contribution in [1.82, 2.24) is 4.90 Å². The van der Waals surface area contributed by atoms with Gasteiger partial charge in [0.25, 0.3) is 0 Å². The first-order chi connectivity index (χ1) is 7.75. The average Bonchev–Trinajstić information content (AvgIpc) is 2.30. The molecule has 0 amide bonds. The summed E-state index contributed by atoms with van der Waals surface area (Å²) in [5.41, 5.74) is 8.05. The number of hydrogen-bond acceptors (Lipinski definition) is 2. The largest absolute Gasteiger partial charge is 0.378 e. The van der Waals surface area contributed by atoms with Gasteiger partial charge in [0, 0.05) is 13.1 Å². The quantitative estimate of drug-likeness (QED) is 0.571. The number of rotatable bonds is 1. The van der Waals surface area contributed by atoms with Gasteiger partial charge < -0.3 is 15.4 Å². The number of aliphatic imine (C=N–C) groups is 1. The summed E-state index contributed by atoms with van der Waals surface area (Å²) in [4.78, 5) is 6.46. The zero-order chi connectivity index (χ0) is 11.4. The predicted octanol–water partition coefficient (Wildman–Crippen LogP) is 1.27. The summed E-state index contributed by atoms with van der Waals surface area (Å²) in [5.74, 6) is 0.578. The Morgan fingerprint density at radius 3 is 2.81 bits per heavy atom. The van der Waals surface area contributed by atoms with Gasteiger partial charge in [-0.05, 0) is 24.6 Å². The van der Waals surface area contributed by atoms with E-state index in [1.807, 2.05) is 36.1 Å². The molecule has 1 fully saturated rings. The fourth-order valence-corrected chi connectivity index (χ4v) is 1.69. The Balaban J connectivity index is 2.10. The van der Waals surface area contributed by atoms with E-state index in [4.69, 9.17) is 10.5 Å². The Morgan fingerprint density at radius 1 is 1.38 bits per heavy atom. The second-order valence-corrected chi connectivity index (χ2v) is 3.91. The summed E-state index contributed by atoms with van der Waals surface area (Å²) < 4.78 is 5.27. The van der Waals surface area contributed by atoms with Crippen LogP contribution in [0.25, 0.3) is 0 Å². The molecule has 1 aliphatic rings. The number of morpholine rings is 1. The lowest BCUT2D eigenvalue weighted by Gasteiger charge is -2.27. The maximum Gasteiger partial charge on any atom is 0.196 e. The molecule has 1 heterocycles. The Hall–Kier alpha value is -1.55. The van der Waals surface area contributed by atoms with Crippen molar-refractivity contribution in [2.24, 2.45) is 10.7 Å². The topological polar surface area (TPSA) is 50.8 Å². The van der Waals surface area contributed by atoms with Crippen LogP contribution >= 0.6 is 0 Å². The summed E-state index contributed by atoms with van der Waals surface area (Å²) in [6.07, 6.45) is 0. The van der Waals surface area contributed by atoms with Crippen LogP contribution in [-0.2, 0) is 4.74 Å². The van der Waals surface area contributed by atoms with Crippen LogP contribution < -0.4 is 5.73 Å². The predicted molar refractivity (Wildman–Crippen MR) is 64.9 cm³/mol. The lowest BCUT2D eigenvalue weighted by atomic mass is 10.2. The van der Waals surface area contributed by atoms with Crippen molar-refractivity contribution in [3.05, 3.63) is 29.8 Å². The number of nitrogens with two attached hydrogens (primary N) is 1. The third-order valence-corrected chi connectivity index (χ3v) is 2.58. The first kappa shape index (κ1) is 11.0. The Kier molecular flexibility index (Phi) is 3.41. The molecular formula is C12H17N3O. The van der Waals surface area contributed by atoms with Gasteiger partial charge in [-0.3, -0.25) is 0 Å². The van der Waals surface area contributed by atoms with Gasteiger partial charge in [0.05, 0.1) is 18.9 Å². The minimum atomic E-state index is 0.578. The fourth-order valence-electron chi connectivity index (χ4n) is 1.69. The van der Waals surface area contributed by atoms with E-state index in [0.29, 0.717) is 5.96 Å². The summed E-state index contributed by atoms with van der Waals surface area (Å²) in [6.45, 7) is 5.14. The first-order valence-electron chi connectivity index (χ1n) is 5.49. The molecule has 0 unspecified atom stereocenters. The first-order valence-corrected chi connectivity index (χ1v) is 5.49. The second kappa shape index (κ2) is 4.99. The lowest BCUT2D eigenvalue weighted by molar-refractivity contribution is 0.0675. The van der Waals surface area contributed by atoms with Crippen molar-refractivity contribution in [2.75, 3.05) is 26.3 Å². The summed E-state index contributed by atoms with van der Waals surface area (Å²) in [7, 11) is 0. The monoisotopic (exact) mass is 219 g/mol. The molecule has 0 spiro atoms. The van der Waals surface area contributed by atoms with E-state index in [-0.39, 0.29) is 0 Å². The molecule has 4 nitrogen and oxygen atoms in total. The molecule has 16 heavy (non-hydrogen) atoms. The van der Waals surface area contributed by atoms with Crippen LogP contribution in [0.5, 0.6) is 0 Å². The third-order valence-electron chi connectivity index (χ3n) is 2.58. The van der Waals surface area contributed by atoms with Crippen LogP contribution in [-0.4, -0.2) is 37.2 Å². The molecule has 1 aromatic carbocycles. The molecule has 0 bridgehead atoms. The van der Waals surface area contributed by atoms with Gasteiger partial charge in [-0.2, -0.15) is 0 Å². The highest BCUT2D eigenvalue weighted by Gasteiger charge is 2.11. The normalized spacial score (nSPS) is 17.6. The van der Waals surface area contributed by atoms with E-state index in [1.165, 1.54) is 5.56 Å². The van der Waals surface area contributed by atoms with Crippen molar-refractivity contribution in [2.45, 2.75) is 6.92 Å². The zero-order valence-electron chi connectivity index (χ0n) is 9.52. The van der Waals surface area contributed by atoms with Crippen LogP contribution in [0, 0.1) is 6.92 Å². The summed E-state index contributed by atoms with van der Waals surface area (Å²) in [5, 5.41) is 0. The van der Waals surface area contributed by atoms with E-state index >= 15 is 0 Å². The van der Waals surface area contributed by atoms with Crippen LogP contribution in [0.15, 0.2) is 29.3 Å².